The summed E-state index contributed by atoms with van der Waals surface area (Å²) in [4.78, 5) is 24.9. The third kappa shape index (κ3) is 5.64. The number of carbonyl (C=O) groups is 2. The second-order valence-electron chi connectivity index (χ2n) is 8.07. The lowest BCUT2D eigenvalue weighted by Gasteiger charge is -2.20. The van der Waals surface area contributed by atoms with Crippen LogP contribution < -0.4 is 19.8 Å². The molecule has 10 heteroatoms. The highest BCUT2D eigenvalue weighted by Crippen LogP contribution is 2.28. The summed E-state index contributed by atoms with van der Waals surface area (Å²) in [6.45, 7) is 3.41. The molecule has 0 fully saturated rings. The molecule has 3 aromatic carbocycles. The van der Waals surface area contributed by atoms with Gasteiger partial charge in [-0.15, -0.1) is 0 Å². The van der Waals surface area contributed by atoms with Crippen LogP contribution in [0.1, 0.15) is 34.0 Å². The van der Waals surface area contributed by atoms with E-state index in [2.05, 4.69) is 15.4 Å². The Balaban J connectivity index is 1.52. The number of anilines is 2. The molecule has 8 nitrogen and oxygen atoms in total. The van der Waals surface area contributed by atoms with Crippen LogP contribution in [0.3, 0.4) is 0 Å². The average Bonchev–Trinajstić information content (AvgIpc) is 2.88. The van der Waals surface area contributed by atoms with Gasteiger partial charge in [0.1, 0.15) is 0 Å². The van der Waals surface area contributed by atoms with E-state index < -0.39 is 22.0 Å². The lowest BCUT2D eigenvalue weighted by Crippen LogP contribution is -2.38. The summed E-state index contributed by atoms with van der Waals surface area (Å²) in [5, 5.41) is 5.51. The van der Waals surface area contributed by atoms with Crippen LogP contribution in [0, 0.1) is 0 Å². The molecule has 3 aromatic rings. The number of rotatable bonds is 6. The first-order valence-corrected chi connectivity index (χ1v) is 12.9. The molecule has 0 spiro atoms. The highest BCUT2D eigenvalue weighted by Gasteiger charge is 2.23. The molecule has 3 amide bonds. The molecule has 0 aromatic heterocycles. The molecule has 182 valence electrons. The number of imide groups is 1. The van der Waals surface area contributed by atoms with Crippen molar-refractivity contribution in [3.63, 3.8) is 0 Å². The summed E-state index contributed by atoms with van der Waals surface area (Å²) >= 11 is 6.23. The first kappa shape index (κ1) is 24.7. The minimum atomic E-state index is -3.88. The number of nitrogens with one attached hydrogen (secondary N) is 3. The van der Waals surface area contributed by atoms with Crippen molar-refractivity contribution < 1.29 is 18.0 Å². The van der Waals surface area contributed by atoms with Crippen molar-refractivity contribution >= 4 is 45.1 Å². The quantitative estimate of drug-likeness (QED) is 0.429. The average molecular weight is 513 g/mol. The Labute approximate surface area is 209 Å². The molecule has 0 saturated heterocycles. The normalized spacial score (nSPS) is 13.0. The highest BCUT2D eigenvalue weighted by molar-refractivity contribution is 7.92. The van der Waals surface area contributed by atoms with Crippen LogP contribution in [-0.4, -0.2) is 26.9 Å². The van der Waals surface area contributed by atoms with E-state index in [1.165, 1.54) is 23.8 Å². The van der Waals surface area contributed by atoms with E-state index in [1.807, 2.05) is 19.1 Å². The number of nitrogens with zero attached hydrogens (tertiary/aromatic N) is 1. The number of benzene rings is 3. The highest BCUT2D eigenvalue weighted by atomic mass is 35.5. The van der Waals surface area contributed by atoms with Crippen molar-refractivity contribution in [3.8, 4) is 0 Å². The Hall–Kier alpha value is -3.40. The molecular weight excluding hydrogens is 488 g/mol. The van der Waals surface area contributed by atoms with Crippen LogP contribution in [-0.2, 0) is 29.4 Å². The van der Waals surface area contributed by atoms with Crippen LogP contribution in [0.5, 0.6) is 0 Å². The van der Waals surface area contributed by atoms with Gasteiger partial charge in [-0.2, -0.15) is 0 Å². The number of hydrogen-bond acceptors (Lipinski definition) is 5. The Morgan fingerprint density at radius 1 is 1.03 bits per heavy atom. The smallest absolute Gasteiger partial charge is 0.312 e. The fourth-order valence-electron chi connectivity index (χ4n) is 3.88. The number of hydrogen-bond donors (Lipinski definition) is 3. The minimum Gasteiger partial charge on any atom is -0.312 e. The van der Waals surface area contributed by atoms with Gasteiger partial charge in [0.25, 0.3) is 15.9 Å². The van der Waals surface area contributed by atoms with Gasteiger partial charge in [-0.3, -0.25) is 14.8 Å². The summed E-state index contributed by atoms with van der Waals surface area (Å²) in [6, 6.07) is 17.3. The van der Waals surface area contributed by atoms with Gasteiger partial charge in [0, 0.05) is 29.6 Å². The van der Waals surface area contributed by atoms with Crippen molar-refractivity contribution in [2.45, 2.75) is 31.2 Å². The van der Waals surface area contributed by atoms with Crippen molar-refractivity contribution in [3.05, 3.63) is 89.0 Å². The molecular formula is C25H25ClN4O4S. The lowest BCUT2D eigenvalue weighted by atomic mass is 10.0. The van der Waals surface area contributed by atoms with E-state index in [9.17, 15) is 18.0 Å². The van der Waals surface area contributed by atoms with Gasteiger partial charge in [-0.25, -0.2) is 17.6 Å². The van der Waals surface area contributed by atoms with Gasteiger partial charge in [0.2, 0.25) is 0 Å². The summed E-state index contributed by atoms with van der Waals surface area (Å²) in [6.07, 6.45) is 1.31. The molecule has 35 heavy (non-hydrogen) atoms. The fourth-order valence-corrected chi connectivity index (χ4v) is 5.19. The first-order valence-electron chi connectivity index (χ1n) is 11.1. The molecule has 0 atom stereocenters. The third-order valence-electron chi connectivity index (χ3n) is 5.73. The van der Waals surface area contributed by atoms with E-state index >= 15 is 0 Å². The van der Waals surface area contributed by atoms with Crippen molar-refractivity contribution in [2.75, 3.05) is 15.7 Å². The summed E-state index contributed by atoms with van der Waals surface area (Å²) < 4.78 is 29.5. The van der Waals surface area contributed by atoms with Gasteiger partial charge in [0.15, 0.2) is 0 Å². The van der Waals surface area contributed by atoms with E-state index in [1.54, 1.807) is 36.4 Å². The van der Waals surface area contributed by atoms with E-state index in [0.717, 1.165) is 22.9 Å². The molecule has 0 aliphatic carbocycles. The monoisotopic (exact) mass is 512 g/mol. The number of aryl methyl sites for hydroxylation is 1. The molecule has 0 unspecified atom stereocenters. The first-order chi connectivity index (χ1) is 16.8. The number of carbonyl (C=O) groups excluding carboxylic acids is 2. The van der Waals surface area contributed by atoms with E-state index in [0.29, 0.717) is 29.8 Å². The van der Waals surface area contributed by atoms with Gasteiger partial charge < -0.3 is 5.32 Å². The van der Waals surface area contributed by atoms with Gasteiger partial charge in [0.05, 0.1) is 10.6 Å². The number of sulfonamides is 1. The topological polar surface area (TPSA) is 108 Å². The van der Waals surface area contributed by atoms with Crippen molar-refractivity contribution in [1.82, 2.24) is 10.6 Å². The largest absolute Gasteiger partial charge is 0.343 e. The predicted octanol–water partition coefficient (Wildman–Crippen LogP) is 4.21. The Morgan fingerprint density at radius 2 is 1.80 bits per heavy atom. The number of fused-ring (bicyclic) bond motifs is 1. The minimum absolute atomic E-state index is 0.0415. The van der Waals surface area contributed by atoms with Gasteiger partial charge in [-0.1, -0.05) is 31.2 Å². The van der Waals surface area contributed by atoms with Crippen LogP contribution >= 0.6 is 11.8 Å². The number of urea groups is 1. The second-order valence-corrected chi connectivity index (χ2v) is 10.1. The third-order valence-corrected chi connectivity index (χ3v) is 7.45. The Kier molecular flexibility index (Phi) is 7.39. The zero-order valence-electron chi connectivity index (χ0n) is 19.0. The summed E-state index contributed by atoms with van der Waals surface area (Å²) in [7, 11) is -3.88. The molecule has 4 rings (SSSR count). The van der Waals surface area contributed by atoms with Crippen LogP contribution in [0.4, 0.5) is 16.2 Å². The summed E-state index contributed by atoms with van der Waals surface area (Å²) in [5.74, 6) is -0.594. The van der Waals surface area contributed by atoms with Crippen molar-refractivity contribution in [2.24, 2.45) is 0 Å². The Bertz CT molecular complexity index is 1360. The maximum Gasteiger partial charge on any atom is 0.343 e. The number of amides is 3. The van der Waals surface area contributed by atoms with Gasteiger partial charge in [-0.05, 0) is 78.5 Å². The number of halogens is 1. The fraction of sp³-hybridized carbons (Fsp3) is 0.200. The molecule has 0 radical (unpaired) electrons. The molecule has 1 aliphatic heterocycles. The van der Waals surface area contributed by atoms with E-state index in [-0.39, 0.29) is 10.6 Å². The van der Waals surface area contributed by atoms with Crippen LogP contribution in [0.25, 0.3) is 0 Å². The SMILES string of the molecule is CCc1cc(S(=O)(=O)Nc2ccc3c(c2)CNCC3)ccc1N(Cl)C(=O)NC(=O)c1ccccc1. The lowest BCUT2D eigenvalue weighted by molar-refractivity contribution is 0.0966. The van der Waals surface area contributed by atoms with Crippen molar-refractivity contribution in [1.29, 1.82) is 0 Å². The molecule has 0 saturated carbocycles. The van der Waals surface area contributed by atoms with E-state index in [4.69, 9.17) is 11.8 Å². The molecule has 3 N–H and O–H groups in total. The van der Waals surface area contributed by atoms with Gasteiger partial charge >= 0.3 is 6.03 Å². The predicted molar refractivity (Wildman–Crippen MR) is 136 cm³/mol. The van der Waals surface area contributed by atoms with Crippen LogP contribution in [0.15, 0.2) is 71.6 Å². The second kappa shape index (κ2) is 10.5. The standard InChI is InChI=1S/C25H25ClN4O4S/c1-2-17-15-22(35(33,34)29-21-9-8-18-12-13-27-16-20(18)14-21)10-11-23(17)30(26)25(32)28-24(31)19-6-4-3-5-7-19/h3-11,14-15,27,29H,2,12-13,16H2,1H3,(H,28,31,32). The molecule has 1 aliphatic rings. The van der Waals surface area contributed by atoms with Crippen LogP contribution in [0.2, 0.25) is 0 Å². The molecule has 1 heterocycles. The summed E-state index contributed by atoms with van der Waals surface area (Å²) in [5.41, 5.74) is 3.87. The zero-order valence-corrected chi connectivity index (χ0v) is 20.6. The molecule has 0 bridgehead atoms. The Morgan fingerprint density at radius 3 is 2.54 bits per heavy atom. The maximum atomic E-state index is 13.1. The maximum absolute atomic E-state index is 13.1. The zero-order chi connectivity index (χ0) is 25.0.